The Bertz CT molecular complexity index is 843. The Morgan fingerprint density at radius 1 is 0.727 bits per heavy atom. The number of carbonyl (C=O) groups excluding carboxylic acids is 1. The average Bonchev–Trinajstić information content (AvgIpc) is 2.59. The normalized spacial score (nSPS) is 12.5. The van der Waals surface area contributed by atoms with Crippen LogP contribution in [0.2, 0.25) is 0 Å². The maximum atomic E-state index is 12.7. The molecule has 1 aliphatic rings. The number of ketones is 1. The largest absolute Gasteiger partial charge is 0.289 e. The van der Waals surface area contributed by atoms with E-state index in [-0.39, 0.29) is 5.78 Å². The third kappa shape index (κ3) is 1.97. The summed E-state index contributed by atoms with van der Waals surface area (Å²) in [7, 11) is 0. The maximum absolute atomic E-state index is 12.7. The lowest BCUT2D eigenvalue weighted by Gasteiger charge is -2.21. The van der Waals surface area contributed by atoms with Crippen LogP contribution in [0.25, 0.3) is 11.6 Å². The van der Waals surface area contributed by atoms with Crippen molar-refractivity contribution in [3.63, 3.8) is 0 Å². The van der Waals surface area contributed by atoms with Crippen LogP contribution < -0.4 is 0 Å². The van der Waals surface area contributed by atoms with E-state index in [1.807, 2.05) is 66.9 Å². The van der Waals surface area contributed by atoms with Gasteiger partial charge in [-0.2, -0.15) is 0 Å². The second kappa shape index (κ2) is 5.08. The summed E-state index contributed by atoms with van der Waals surface area (Å²) >= 11 is 0. The third-order valence-electron chi connectivity index (χ3n) is 3.92. The highest BCUT2D eigenvalue weighted by Gasteiger charge is 2.25. The van der Waals surface area contributed by atoms with Gasteiger partial charge >= 0.3 is 0 Å². The first-order valence-electron chi connectivity index (χ1n) is 7.20. The lowest BCUT2D eigenvalue weighted by Crippen LogP contribution is -2.14. The summed E-state index contributed by atoms with van der Waals surface area (Å²) in [6, 6.07) is 19.5. The summed E-state index contributed by atoms with van der Waals surface area (Å²) in [5.74, 6) is 0.0922. The molecule has 0 bridgehead atoms. The van der Waals surface area contributed by atoms with Gasteiger partial charge < -0.3 is 0 Å². The van der Waals surface area contributed by atoms with Crippen LogP contribution in [0.4, 0.5) is 0 Å². The fourth-order valence-corrected chi connectivity index (χ4v) is 2.91. The minimum Gasteiger partial charge on any atom is -0.289 e. The number of nitrogens with zero attached hydrogens (tertiary/aromatic N) is 1. The second-order valence-electron chi connectivity index (χ2n) is 5.26. The lowest BCUT2D eigenvalue weighted by atomic mass is 9.81. The van der Waals surface area contributed by atoms with Gasteiger partial charge in [-0.25, -0.2) is 0 Å². The van der Waals surface area contributed by atoms with Crippen LogP contribution in [0.3, 0.4) is 0 Å². The molecule has 0 radical (unpaired) electrons. The molecule has 2 aromatic carbocycles. The van der Waals surface area contributed by atoms with Crippen LogP contribution >= 0.6 is 0 Å². The molecule has 1 aromatic heterocycles. The van der Waals surface area contributed by atoms with Gasteiger partial charge in [0, 0.05) is 23.5 Å². The minimum absolute atomic E-state index is 0.0922. The van der Waals surface area contributed by atoms with Crippen LogP contribution in [-0.4, -0.2) is 10.8 Å². The highest BCUT2D eigenvalue weighted by molar-refractivity contribution is 6.20. The van der Waals surface area contributed by atoms with Crippen molar-refractivity contribution in [1.82, 2.24) is 4.98 Å². The number of pyridine rings is 1. The molecule has 0 aliphatic heterocycles. The predicted octanol–water partition coefficient (Wildman–Crippen LogP) is 4.21. The van der Waals surface area contributed by atoms with Crippen molar-refractivity contribution in [3.05, 3.63) is 101 Å². The Kier molecular flexibility index (Phi) is 2.94. The highest BCUT2D eigenvalue weighted by Crippen LogP contribution is 2.36. The molecule has 22 heavy (non-hydrogen) atoms. The molecular weight excluding hydrogens is 270 g/mol. The Labute approximate surface area is 128 Å². The predicted molar refractivity (Wildman–Crippen MR) is 87.5 cm³/mol. The summed E-state index contributed by atoms with van der Waals surface area (Å²) in [4.78, 5) is 16.8. The quantitative estimate of drug-likeness (QED) is 0.523. The van der Waals surface area contributed by atoms with Crippen LogP contribution in [0.15, 0.2) is 73.1 Å². The van der Waals surface area contributed by atoms with Crippen molar-refractivity contribution in [2.75, 3.05) is 0 Å². The minimum atomic E-state index is 0.0922. The van der Waals surface area contributed by atoms with Gasteiger partial charge in [0.15, 0.2) is 5.78 Å². The molecule has 3 aromatic rings. The first-order valence-corrected chi connectivity index (χ1v) is 7.20. The molecular formula is C20H13NO. The van der Waals surface area contributed by atoms with Crippen molar-refractivity contribution in [2.24, 2.45) is 0 Å². The first kappa shape index (κ1) is 12.7. The molecule has 2 heteroatoms. The van der Waals surface area contributed by atoms with E-state index in [1.54, 1.807) is 6.20 Å². The topological polar surface area (TPSA) is 30.0 Å². The first-order chi connectivity index (χ1) is 10.8. The Morgan fingerprint density at radius 2 is 1.32 bits per heavy atom. The number of carbonyl (C=O) groups is 1. The highest BCUT2D eigenvalue weighted by atomic mass is 16.1. The number of rotatable bonds is 1. The van der Waals surface area contributed by atoms with E-state index >= 15 is 0 Å². The number of fused-ring (bicyclic) bond motifs is 2. The van der Waals surface area contributed by atoms with Gasteiger partial charge in [0.05, 0.1) is 0 Å². The maximum Gasteiger partial charge on any atom is 0.194 e. The van der Waals surface area contributed by atoms with Crippen LogP contribution in [0.5, 0.6) is 0 Å². The lowest BCUT2D eigenvalue weighted by molar-refractivity contribution is 0.103. The van der Waals surface area contributed by atoms with Gasteiger partial charge in [-0.05, 0) is 34.4 Å². The molecule has 1 aliphatic carbocycles. The molecule has 104 valence electrons. The van der Waals surface area contributed by atoms with Gasteiger partial charge in [0.1, 0.15) is 0 Å². The summed E-state index contributed by atoms with van der Waals surface area (Å²) in [6.07, 6.45) is 5.68. The molecule has 0 fully saturated rings. The smallest absolute Gasteiger partial charge is 0.194 e. The Hall–Kier alpha value is -3.00. The summed E-state index contributed by atoms with van der Waals surface area (Å²) in [5, 5.41) is 0. The standard InChI is InChI=1S/C20H13NO/c22-20-17-9-3-1-7-15(17)19(12-14-6-5-11-21-13-14)16-8-2-4-10-18(16)20/h1-13H. The number of hydrogen-bond acceptors (Lipinski definition) is 2. The number of hydrogen-bond donors (Lipinski definition) is 0. The Balaban J connectivity index is 2.01. The molecule has 0 saturated carbocycles. The van der Waals surface area contributed by atoms with Crippen molar-refractivity contribution >= 4 is 17.4 Å². The summed E-state index contributed by atoms with van der Waals surface area (Å²) in [5.41, 5.74) is 5.58. The van der Waals surface area contributed by atoms with Gasteiger partial charge in [-0.1, -0.05) is 54.6 Å². The molecule has 4 rings (SSSR count). The summed E-state index contributed by atoms with van der Waals surface area (Å²) in [6.45, 7) is 0. The van der Waals surface area contributed by atoms with Gasteiger partial charge in [-0.15, -0.1) is 0 Å². The molecule has 0 amide bonds. The monoisotopic (exact) mass is 283 g/mol. The molecule has 0 N–H and O–H groups in total. The molecule has 1 heterocycles. The zero-order valence-corrected chi connectivity index (χ0v) is 11.9. The average molecular weight is 283 g/mol. The number of benzene rings is 2. The van der Waals surface area contributed by atoms with E-state index < -0.39 is 0 Å². The summed E-state index contributed by atoms with van der Waals surface area (Å²) < 4.78 is 0. The van der Waals surface area contributed by atoms with E-state index in [1.165, 1.54) is 0 Å². The van der Waals surface area contributed by atoms with Crippen LogP contribution in [0, 0.1) is 0 Å². The Morgan fingerprint density at radius 3 is 1.86 bits per heavy atom. The van der Waals surface area contributed by atoms with Crippen LogP contribution in [0.1, 0.15) is 32.6 Å². The molecule has 0 spiro atoms. The van der Waals surface area contributed by atoms with E-state index in [4.69, 9.17) is 0 Å². The molecule has 2 nitrogen and oxygen atoms in total. The SMILES string of the molecule is O=C1c2ccccc2C(=Cc2cccnc2)c2ccccc21. The van der Waals surface area contributed by atoms with Gasteiger partial charge in [0.25, 0.3) is 0 Å². The van der Waals surface area contributed by atoms with Crippen molar-refractivity contribution in [3.8, 4) is 0 Å². The van der Waals surface area contributed by atoms with E-state index in [0.717, 1.165) is 33.4 Å². The van der Waals surface area contributed by atoms with Crippen molar-refractivity contribution in [2.45, 2.75) is 0 Å². The zero-order valence-electron chi connectivity index (χ0n) is 11.9. The van der Waals surface area contributed by atoms with Crippen molar-refractivity contribution < 1.29 is 4.79 Å². The molecule has 0 saturated heterocycles. The van der Waals surface area contributed by atoms with Gasteiger partial charge in [-0.3, -0.25) is 9.78 Å². The molecule has 0 atom stereocenters. The third-order valence-corrected chi connectivity index (χ3v) is 3.92. The van der Waals surface area contributed by atoms with E-state index in [2.05, 4.69) is 11.1 Å². The number of aromatic nitrogens is 1. The molecule has 0 unspecified atom stereocenters. The van der Waals surface area contributed by atoms with E-state index in [0.29, 0.717) is 0 Å². The fraction of sp³-hybridized carbons (Fsp3) is 0. The van der Waals surface area contributed by atoms with E-state index in [9.17, 15) is 4.79 Å². The zero-order chi connectivity index (χ0) is 14.9. The van der Waals surface area contributed by atoms with Crippen molar-refractivity contribution in [1.29, 1.82) is 0 Å². The van der Waals surface area contributed by atoms with Crippen LogP contribution in [-0.2, 0) is 0 Å². The second-order valence-corrected chi connectivity index (χ2v) is 5.26. The fourth-order valence-electron chi connectivity index (χ4n) is 2.91. The van der Waals surface area contributed by atoms with Gasteiger partial charge in [0.2, 0.25) is 0 Å².